The van der Waals surface area contributed by atoms with Gasteiger partial charge in [0.2, 0.25) is 0 Å². The highest BCUT2D eigenvalue weighted by molar-refractivity contribution is 9.10. The van der Waals surface area contributed by atoms with Crippen molar-refractivity contribution in [1.82, 2.24) is 0 Å². The molecule has 0 radical (unpaired) electrons. The van der Waals surface area contributed by atoms with Crippen LogP contribution >= 0.6 is 27.5 Å². The Kier molecular flexibility index (Phi) is 10.0. The van der Waals surface area contributed by atoms with Crippen molar-refractivity contribution in [2.45, 2.75) is 26.2 Å². The highest BCUT2D eigenvalue weighted by atomic mass is 79.9. The van der Waals surface area contributed by atoms with Gasteiger partial charge in [0, 0.05) is 43.5 Å². The summed E-state index contributed by atoms with van der Waals surface area (Å²) in [5.41, 5.74) is 12.6. The molecule has 4 heteroatoms. The van der Waals surface area contributed by atoms with E-state index in [9.17, 15) is 0 Å². The van der Waals surface area contributed by atoms with Gasteiger partial charge in [-0.25, -0.2) is 0 Å². The third-order valence-corrected chi connectivity index (χ3v) is 11.7. The summed E-state index contributed by atoms with van der Waals surface area (Å²) < 4.78 is 44.7. The zero-order chi connectivity index (χ0) is 47.0. The van der Waals surface area contributed by atoms with Gasteiger partial charge in [-0.3, -0.25) is 0 Å². The van der Waals surface area contributed by atoms with Gasteiger partial charge in [0.1, 0.15) is 0 Å². The molecule has 0 aliphatic rings. The van der Waals surface area contributed by atoms with Crippen LogP contribution < -0.4 is 9.80 Å². The van der Waals surface area contributed by atoms with Crippen LogP contribution in [0.4, 0.5) is 34.1 Å². The Balaban J connectivity index is 1.35. The summed E-state index contributed by atoms with van der Waals surface area (Å²) in [7, 11) is 0. The molecule has 0 saturated heterocycles. The summed E-state index contributed by atoms with van der Waals surface area (Å²) in [6.07, 6.45) is 0. The Morgan fingerprint density at radius 3 is 1.60 bits per heavy atom. The second kappa shape index (κ2) is 17.8. The molecule has 0 fully saturated rings. The highest BCUT2D eigenvalue weighted by Crippen LogP contribution is 2.48. The minimum absolute atomic E-state index is 0.119. The van der Waals surface area contributed by atoms with Crippen molar-refractivity contribution >= 4 is 61.7 Å². The van der Waals surface area contributed by atoms with E-state index in [2.05, 4.69) is 162 Å². The number of hydrogen-bond acceptors (Lipinski definition) is 2. The molecule has 0 amide bonds. The first-order chi connectivity index (χ1) is 32.2. The number of rotatable bonds is 10. The maximum Gasteiger partial charge on any atom is 0.0629 e. The maximum absolute atomic E-state index is 9.06. The second-order valence-corrected chi connectivity index (χ2v) is 17.6. The van der Waals surface area contributed by atoms with E-state index in [1.165, 1.54) is 0 Å². The summed E-state index contributed by atoms with van der Waals surface area (Å²) in [6.45, 7) is 6.63. The van der Waals surface area contributed by atoms with E-state index >= 15 is 0 Å². The average molecular weight is 891 g/mol. The molecule has 0 saturated carbocycles. The summed E-state index contributed by atoms with van der Waals surface area (Å²) in [5, 5.41) is 0.544. The van der Waals surface area contributed by atoms with Gasteiger partial charge in [-0.1, -0.05) is 182 Å². The SMILES string of the molecule is [2H]c1c([2H])c([2H])c(-c2cc(-c3ccccc3)cc(N(c3cccc(Cl)c3)c3cc(N(c4ccc(Br)cc4)c4ccc(-c5ccccc5)cc4-c4ccccc4)cc(C(C)(C)C)c3)c2)c([2H])c1[2H]. The van der Waals surface area contributed by atoms with Crippen molar-refractivity contribution in [2.75, 3.05) is 9.80 Å². The molecule has 9 rings (SSSR count). The smallest absolute Gasteiger partial charge is 0.0629 e. The normalized spacial score (nSPS) is 12.4. The van der Waals surface area contributed by atoms with Crippen molar-refractivity contribution < 1.29 is 6.85 Å². The van der Waals surface area contributed by atoms with Crippen molar-refractivity contribution in [2.24, 2.45) is 0 Å². The van der Waals surface area contributed by atoms with Crippen molar-refractivity contribution in [1.29, 1.82) is 0 Å². The van der Waals surface area contributed by atoms with E-state index in [1.54, 1.807) is 0 Å². The summed E-state index contributed by atoms with van der Waals surface area (Å²) in [5.74, 6) is 0. The molecular weight excluding hydrogens is 840 g/mol. The third kappa shape index (κ3) is 8.88. The van der Waals surface area contributed by atoms with Crippen LogP contribution in [0.3, 0.4) is 0 Å². The van der Waals surface area contributed by atoms with E-state index in [4.69, 9.17) is 18.5 Å². The van der Waals surface area contributed by atoms with E-state index < -0.39 is 18.1 Å². The van der Waals surface area contributed by atoms with Crippen LogP contribution in [0.2, 0.25) is 5.02 Å². The topological polar surface area (TPSA) is 6.48 Å². The largest absolute Gasteiger partial charge is 0.310 e. The highest BCUT2D eigenvalue weighted by Gasteiger charge is 2.25. The lowest BCUT2D eigenvalue weighted by Crippen LogP contribution is -2.18. The Morgan fingerprint density at radius 1 is 0.419 bits per heavy atom. The lowest BCUT2D eigenvalue weighted by molar-refractivity contribution is 0.590. The first-order valence-corrected chi connectivity index (χ1v) is 21.7. The summed E-state index contributed by atoms with van der Waals surface area (Å²) >= 11 is 10.5. The minimum atomic E-state index is -0.439. The van der Waals surface area contributed by atoms with Gasteiger partial charge in [-0.15, -0.1) is 0 Å². The molecule has 0 N–H and O–H groups in total. The molecule has 0 aliphatic heterocycles. The van der Waals surface area contributed by atoms with E-state index in [1.807, 2.05) is 78.9 Å². The molecule has 62 heavy (non-hydrogen) atoms. The molecule has 0 spiro atoms. The van der Waals surface area contributed by atoms with Crippen LogP contribution in [0, 0.1) is 0 Å². The summed E-state index contributed by atoms with van der Waals surface area (Å²) in [4.78, 5) is 4.46. The maximum atomic E-state index is 9.06. The van der Waals surface area contributed by atoms with Gasteiger partial charge in [-0.05, 0) is 141 Å². The molecule has 0 aromatic heterocycles. The van der Waals surface area contributed by atoms with E-state index in [-0.39, 0.29) is 23.1 Å². The number of nitrogens with zero attached hydrogens (tertiary/aromatic N) is 2. The van der Waals surface area contributed by atoms with Gasteiger partial charge in [0.25, 0.3) is 0 Å². The van der Waals surface area contributed by atoms with Gasteiger partial charge >= 0.3 is 0 Å². The van der Waals surface area contributed by atoms with Gasteiger partial charge in [0.05, 0.1) is 12.5 Å². The molecule has 0 aliphatic carbocycles. The first-order valence-electron chi connectivity index (χ1n) is 23.0. The lowest BCUT2D eigenvalue weighted by atomic mass is 9.86. The molecule has 0 heterocycles. The third-order valence-electron chi connectivity index (χ3n) is 10.9. The molecule has 9 aromatic carbocycles. The predicted molar refractivity (Wildman–Crippen MR) is 269 cm³/mol. The number of halogens is 2. The van der Waals surface area contributed by atoms with Crippen molar-refractivity contribution in [3.8, 4) is 44.5 Å². The van der Waals surface area contributed by atoms with Gasteiger partial charge in [0.15, 0.2) is 0 Å². The zero-order valence-corrected chi connectivity index (χ0v) is 37.0. The number of anilines is 6. The summed E-state index contributed by atoms with van der Waals surface area (Å²) in [6, 6.07) is 64.3. The monoisotopic (exact) mass is 889 g/mol. The van der Waals surface area contributed by atoms with Crippen LogP contribution in [0.5, 0.6) is 0 Å². The second-order valence-electron chi connectivity index (χ2n) is 16.2. The van der Waals surface area contributed by atoms with Crippen LogP contribution in [-0.2, 0) is 5.41 Å². The molecular formula is C58H46BrClN2. The molecule has 9 aromatic rings. The fraction of sp³-hybridized carbons (Fsp3) is 0.0690. The molecule has 0 bridgehead atoms. The number of benzene rings is 9. The molecule has 2 nitrogen and oxygen atoms in total. The quantitative estimate of drug-likeness (QED) is 0.135. The van der Waals surface area contributed by atoms with E-state index in [0.29, 0.717) is 16.3 Å². The van der Waals surface area contributed by atoms with Gasteiger partial charge in [-0.2, -0.15) is 0 Å². The van der Waals surface area contributed by atoms with E-state index in [0.717, 1.165) is 71.9 Å². The van der Waals surface area contributed by atoms with Crippen LogP contribution in [0.15, 0.2) is 229 Å². The fourth-order valence-electron chi connectivity index (χ4n) is 7.83. The van der Waals surface area contributed by atoms with Crippen LogP contribution in [0.25, 0.3) is 44.5 Å². The zero-order valence-electron chi connectivity index (χ0n) is 39.6. The minimum Gasteiger partial charge on any atom is -0.310 e. The Hall–Kier alpha value is -6.65. The Labute approximate surface area is 386 Å². The van der Waals surface area contributed by atoms with Gasteiger partial charge < -0.3 is 9.80 Å². The molecule has 302 valence electrons. The van der Waals surface area contributed by atoms with Crippen molar-refractivity contribution in [3.63, 3.8) is 0 Å². The first kappa shape index (κ1) is 35.0. The number of hydrogen-bond donors (Lipinski definition) is 0. The molecule has 0 unspecified atom stereocenters. The standard InChI is InChI=1S/C58H46BrClN2/c1-58(2,3)48-37-54(61(52-26-16-25-50(60)39-52)53-34-46(42-19-10-5-11-20-42)33-47(35-53)43-21-12-6-13-22-43)40-55(38-48)62(51-30-28-49(59)29-31-51)57-32-27-45(41-17-8-4-9-18-41)36-56(57)44-23-14-7-15-24-44/h4-40H,1-3H3/i5D,10D,11D,19D,20D. The van der Waals surface area contributed by atoms with Crippen LogP contribution in [-0.4, -0.2) is 0 Å². The fourth-order valence-corrected chi connectivity index (χ4v) is 8.28. The Bertz CT molecular complexity index is 3220. The lowest BCUT2D eigenvalue weighted by Gasteiger charge is -2.33. The predicted octanol–water partition coefficient (Wildman–Crippen LogP) is 18.0. The van der Waals surface area contributed by atoms with Crippen LogP contribution in [0.1, 0.15) is 33.2 Å². The van der Waals surface area contributed by atoms with Crippen molar-refractivity contribution in [3.05, 3.63) is 239 Å². The molecule has 0 atom stereocenters. The Morgan fingerprint density at radius 2 is 0.984 bits per heavy atom. The average Bonchev–Trinajstić information content (AvgIpc) is 3.34.